The van der Waals surface area contributed by atoms with Crippen LogP contribution in [0.2, 0.25) is 0 Å². The van der Waals surface area contributed by atoms with Gasteiger partial charge in [0.05, 0.1) is 19.8 Å². The largest absolute Gasteiger partial charge is 0.379 e. The molecule has 1 atom stereocenters. The first-order valence-corrected chi connectivity index (χ1v) is 10.7. The summed E-state index contributed by atoms with van der Waals surface area (Å²) in [6, 6.07) is 0.510. The van der Waals surface area contributed by atoms with Crippen LogP contribution in [0.15, 0.2) is 4.99 Å². The Hall–Kier alpha value is -0.850. The molecule has 0 spiro atoms. The van der Waals surface area contributed by atoms with Crippen molar-refractivity contribution in [3.8, 4) is 0 Å². The maximum absolute atomic E-state index is 5.59. The summed E-state index contributed by atoms with van der Waals surface area (Å²) < 4.78 is 11.1. The molecule has 2 fully saturated rings. The van der Waals surface area contributed by atoms with Crippen molar-refractivity contribution in [2.45, 2.75) is 57.9 Å². The maximum atomic E-state index is 5.59. The Morgan fingerprint density at radius 1 is 1.08 bits per heavy atom. The molecular formula is C20H40N4O2. The highest BCUT2D eigenvalue weighted by atomic mass is 16.5. The lowest BCUT2D eigenvalue weighted by molar-refractivity contribution is 0.0487. The van der Waals surface area contributed by atoms with E-state index in [0.29, 0.717) is 25.9 Å². The predicted molar refractivity (Wildman–Crippen MR) is 108 cm³/mol. The first kappa shape index (κ1) is 21.5. The number of ether oxygens (including phenoxy) is 2. The highest BCUT2D eigenvalue weighted by molar-refractivity contribution is 5.80. The van der Waals surface area contributed by atoms with Crippen molar-refractivity contribution in [3.05, 3.63) is 0 Å². The fourth-order valence-electron chi connectivity index (χ4n) is 3.87. The van der Waals surface area contributed by atoms with Crippen molar-refractivity contribution in [1.29, 1.82) is 0 Å². The van der Waals surface area contributed by atoms with E-state index < -0.39 is 0 Å². The molecule has 1 saturated heterocycles. The summed E-state index contributed by atoms with van der Waals surface area (Å²) in [6.45, 7) is 9.46. The molecule has 1 heterocycles. The van der Waals surface area contributed by atoms with Crippen molar-refractivity contribution in [1.82, 2.24) is 15.5 Å². The lowest BCUT2D eigenvalue weighted by Crippen LogP contribution is -2.45. The number of unbranched alkanes of at least 4 members (excludes halogenated alkanes) is 1. The number of nitrogens with zero attached hydrogens (tertiary/aromatic N) is 2. The van der Waals surface area contributed by atoms with Gasteiger partial charge in [-0.2, -0.15) is 0 Å². The van der Waals surface area contributed by atoms with Crippen molar-refractivity contribution < 1.29 is 9.47 Å². The van der Waals surface area contributed by atoms with E-state index in [2.05, 4.69) is 27.4 Å². The van der Waals surface area contributed by atoms with Gasteiger partial charge in [0.1, 0.15) is 0 Å². The highest BCUT2D eigenvalue weighted by Gasteiger charge is 2.26. The standard InChI is InChI=1S/C20H40N4O2/c1-3-4-12-25-14-15-26-13-10-22-20(21-2)23-19-9-11-24(17-19)16-18-7-5-6-8-18/h18-19H,3-17H2,1-2H3,(H2,21,22,23). The molecule has 2 N–H and O–H groups in total. The maximum Gasteiger partial charge on any atom is 0.191 e. The molecule has 2 rings (SSSR count). The Morgan fingerprint density at radius 3 is 2.58 bits per heavy atom. The van der Waals surface area contributed by atoms with E-state index >= 15 is 0 Å². The molecule has 1 aliphatic heterocycles. The first-order chi connectivity index (χ1) is 12.8. The Balaban J connectivity index is 1.48. The van der Waals surface area contributed by atoms with Gasteiger partial charge in [0.2, 0.25) is 0 Å². The third-order valence-electron chi connectivity index (χ3n) is 5.38. The van der Waals surface area contributed by atoms with Gasteiger partial charge in [-0.25, -0.2) is 0 Å². The Labute approximate surface area is 160 Å². The molecule has 2 aliphatic rings. The van der Waals surface area contributed by atoms with Gasteiger partial charge in [-0.05, 0) is 31.6 Å². The van der Waals surface area contributed by atoms with Crippen LogP contribution in [0.5, 0.6) is 0 Å². The minimum atomic E-state index is 0.510. The zero-order valence-electron chi connectivity index (χ0n) is 17.0. The van der Waals surface area contributed by atoms with Crippen molar-refractivity contribution in [3.63, 3.8) is 0 Å². The molecule has 0 amide bonds. The number of rotatable bonds is 12. The van der Waals surface area contributed by atoms with Crippen LogP contribution in [0.4, 0.5) is 0 Å². The molecule has 152 valence electrons. The lowest BCUT2D eigenvalue weighted by Gasteiger charge is -2.21. The van der Waals surface area contributed by atoms with Crippen LogP contribution in [-0.4, -0.2) is 76.6 Å². The summed E-state index contributed by atoms with van der Waals surface area (Å²) in [7, 11) is 1.84. The smallest absolute Gasteiger partial charge is 0.191 e. The summed E-state index contributed by atoms with van der Waals surface area (Å²) in [5, 5.41) is 6.91. The third kappa shape index (κ3) is 8.69. The molecule has 26 heavy (non-hydrogen) atoms. The zero-order chi connectivity index (χ0) is 18.5. The molecule has 6 heteroatoms. The summed E-state index contributed by atoms with van der Waals surface area (Å²) in [6.07, 6.45) is 9.24. The van der Waals surface area contributed by atoms with Crippen molar-refractivity contribution in [2.24, 2.45) is 10.9 Å². The van der Waals surface area contributed by atoms with E-state index in [1.54, 1.807) is 0 Å². The molecule has 0 aromatic carbocycles. The first-order valence-electron chi connectivity index (χ1n) is 10.7. The SMILES string of the molecule is CCCCOCCOCCNC(=NC)NC1CCN(CC2CCCC2)C1. The Morgan fingerprint density at radius 2 is 1.85 bits per heavy atom. The van der Waals surface area contributed by atoms with E-state index in [0.717, 1.165) is 38.0 Å². The van der Waals surface area contributed by atoms with Gasteiger partial charge in [-0.3, -0.25) is 4.99 Å². The van der Waals surface area contributed by atoms with E-state index in [-0.39, 0.29) is 0 Å². The van der Waals surface area contributed by atoms with Gasteiger partial charge >= 0.3 is 0 Å². The van der Waals surface area contributed by atoms with Gasteiger partial charge in [0, 0.05) is 45.9 Å². The molecule has 6 nitrogen and oxygen atoms in total. The molecule has 1 saturated carbocycles. The zero-order valence-corrected chi connectivity index (χ0v) is 17.0. The van der Waals surface area contributed by atoms with Crippen molar-refractivity contribution in [2.75, 3.05) is 59.7 Å². The number of aliphatic imine (C=N–C) groups is 1. The molecule has 0 bridgehead atoms. The topological polar surface area (TPSA) is 58.1 Å². The van der Waals surface area contributed by atoms with Gasteiger partial charge in [-0.1, -0.05) is 26.2 Å². The van der Waals surface area contributed by atoms with Crippen LogP contribution in [0.3, 0.4) is 0 Å². The average Bonchev–Trinajstić information content (AvgIpc) is 3.32. The van der Waals surface area contributed by atoms with Gasteiger partial charge in [0.15, 0.2) is 5.96 Å². The van der Waals surface area contributed by atoms with Crippen molar-refractivity contribution >= 4 is 5.96 Å². The summed E-state index contributed by atoms with van der Waals surface area (Å²) in [5.74, 6) is 1.83. The monoisotopic (exact) mass is 368 g/mol. The second-order valence-corrected chi connectivity index (χ2v) is 7.62. The number of hydrogen-bond donors (Lipinski definition) is 2. The lowest BCUT2D eigenvalue weighted by atomic mass is 10.1. The summed E-state index contributed by atoms with van der Waals surface area (Å²) >= 11 is 0. The fourth-order valence-corrected chi connectivity index (χ4v) is 3.87. The predicted octanol–water partition coefficient (Wildman–Crippen LogP) is 2.25. The minimum absolute atomic E-state index is 0.510. The number of nitrogens with one attached hydrogen (secondary N) is 2. The van der Waals surface area contributed by atoms with Crippen LogP contribution in [0.25, 0.3) is 0 Å². The Bertz CT molecular complexity index is 386. The second kappa shape index (κ2) is 13.3. The highest BCUT2D eigenvalue weighted by Crippen LogP contribution is 2.26. The molecule has 0 radical (unpaired) electrons. The van der Waals surface area contributed by atoms with E-state index in [9.17, 15) is 0 Å². The average molecular weight is 369 g/mol. The second-order valence-electron chi connectivity index (χ2n) is 7.62. The van der Waals surface area contributed by atoms with Crippen LogP contribution in [0, 0.1) is 5.92 Å². The van der Waals surface area contributed by atoms with Crippen LogP contribution in [0.1, 0.15) is 51.9 Å². The fraction of sp³-hybridized carbons (Fsp3) is 0.950. The minimum Gasteiger partial charge on any atom is -0.379 e. The van der Waals surface area contributed by atoms with Crippen LogP contribution >= 0.6 is 0 Å². The molecule has 0 aromatic rings. The van der Waals surface area contributed by atoms with Gasteiger partial charge < -0.3 is 25.0 Å². The molecule has 0 aromatic heterocycles. The van der Waals surface area contributed by atoms with Gasteiger partial charge in [0.25, 0.3) is 0 Å². The number of likely N-dealkylation sites (tertiary alicyclic amines) is 1. The summed E-state index contributed by atoms with van der Waals surface area (Å²) in [5.41, 5.74) is 0. The molecular weight excluding hydrogens is 328 g/mol. The molecule has 1 unspecified atom stereocenters. The quantitative estimate of drug-likeness (QED) is 0.314. The number of guanidine groups is 1. The van der Waals surface area contributed by atoms with E-state index in [1.165, 1.54) is 51.6 Å². The Kier molecular flexibility index (Phi) is 11.0. The normalized spacial score (nSPS) is 22.2. The van der Waals surface area contributed by atoms with Gasteiger partial charge in [-0.15, -0.1) is 0 Å². The molecule has 1 aliphatic carbocycles. The van der Waals surface area contributed by atoms with E-state index in [4.69, 9.17) is 9.47 Å². The van der Waals surface area contributed by atoms with Crippen LogP contribution < -0.4 is 10.6 Å². The third-order valence-corrected chi connectivity index (χ3v) is 5.38. The van der Waals surface area contributed by atoms with Crippen LogP contribution in [-0.2, 0) is 9.47 Å². The summed E-state index contributed by atoms with van der Waals surface area (Å²) in [4.78, 5) is 6.97. The van der Waals surface area contributed by atoms with E-state index in [1.807, 2.05) is 7.05 Å². The number of hydrogen-bond acceptors (Lipinski definition) is 4.